The highest BCUT2D eigenvalue weighted by Gasteiger charge is 2.40. The van der Waals surface area contributed by atoms with Gasteiger partial charge in [-0.1, -0.05) is 15.9 Å². The van der Waals surface area contributed by atoms with Crippen molar-refractivity contribution in [1.82, 2.24) is 0 Å². The van der Waals surface area contributed by atoms with E-state index in [1.54, 1.807) is 0 Å². The number of halogens is 4. The van der Waals surface area contributed by atoms with E-state index in [-0.39, 0.29) is 23.1 Å². The number of rotatable bonds is 2. The Balaban J connectivity index is 2.43. The maximum Gasteiger partial charge on any atom is 0.418 e. The Hall–Kier alpha value is -1.57. The van der Waals surface area contributed by atoms with Crippen LogP contribution in [0.4, 0.5) is 18.9 Å². The van der Waals surface area contributed by atoms with Crippen molar-refractivity contribution in [3.63, 3.8) is 0 Å². The van der Waals surface area contributed by atoms with Gasteiger partial charge in [-0.3, -0.25) is 9.59 Å². The number of amides is 2. The van der Waals surface area contributed by atoms with Gasteiger partial charge in [-0.15, -0.1) is 0 Å². The minimum absolute atomic E-state index is 0.126. The molecule has 8 heteroatoms. The van der Waals surface area contributed by atoms with E-state index in [9.17, 15) is 22.8 Å². The third-order valence-electron chi connectivity index (χ3n) is 3.08. The molecule has 0 aromatic heterocycles. The molecule has 1 atom stereocenters. The Bertz CT molecular complexity index is 574. The van der Waals surface area contributed by atoms with Gasteiger partial charge in [0.2, 0.25) is 11.8 Å². The van der Waals surface area contributed by atoms with Crippen LogP contribution in [0.25, 0.3) is 0 Å². The van der Waals surface area contributed by atoms with Crippen LogP contribution in [-0.4, -0.2) is 18.4 Å². The van der Waals surface area contributed by atoms with Gasteiger partial charge >= 0.3 is 6.18 Å². The second-order valence-electron chi connectivity index (χ2n) is 4.47. The van der Waals surface area contributed by atoms with E-state index in [0.717, 1.165) is 11.0 Å². The van der Waals surface area contributed by atoms with Crippen molar-refractivity contribution in [1.29, 1.82) is 0 Å². The molecule has 1 heterocycles. The predicted molar refractivity (Wildman–Crippen MR) is 68.8 cm³/mol. The monoisotopic (exact) mass is 350 g/mol. The first-order valence-corrected chi connectivity index (χ1v) is 6.46. The van der Waals surface area contributed by atoms with Gasteiger partial charge in [0.1, 0.15) is 0 Å². The molecule has 4 nitrogen and oxygen atoms in total. The van der Waals surface area contributed by atoms with E-state index >= 15 is 0 Å². The standard InChI is InChI=1S/C12H10BrF3N2O2/c13-7-1-2-9(8(4-7)12(14,15)16)18-5-6(11(17)20)3-10(18)19/h1-2,4,6H,3,5H2,(H2,17,20). The fraction of sp³-hybridized carbons (Fsp3) is 0.333. The lowest BCUT2D eigenvalue weighted by atomic mass is 10.1. The van der Waals surface area contributed by atoms with Gasteiger partial charge in [0.25, 0.3) is 0 Å². The largest absolute Gasteiger partial charge is 0.418 e. The Morgan fingerprint density at radius 3 is 2.55 bits per heavy atom. The van der Waals surface area contributed by atoms with Crippen molar-refractivity contribution in [3.8, 4) is 0 Å². The number of nitrogens with two attached hydrogens (primary N) is 1. The highest BCUT2D eigenvalue weighted by atomic mass is 79.9. The molecular formula is C12H10BrF3N2O2. The Kier molecular flexibility index (Phi) is 3.77. The summed E-state index contributed by atoms with van der Waals surface area (Å²) in [7, 11) is 0. The summed E-state index contributed by atoms with van der Waals surface area (Å²) in [6.07, 6.45) is -4.76. The first kappa shape index (κ1) is 14.8. The number of carbonyl (C=O) groups excluding carboxylic acids is 2. The molecule has 1 unspecified atom stereocenters. The van der Waals surface area contributed by atoms with Crippen molar-refractivity contribution in [2.24, 2.45) is 11.7 Å². The lowest BCUT2D eigenvalue weighted by Crippen LogP contribution is -2.30. The molecule has 108 valence electrons. The van der Waals surface area contributed by atoms with Crippen LogP contribution < -0.4 is 10.6 Å². The number of benzene rings is 1. The maximum atomic E-state index is 13.0. The van der Waals surface area contributed by atoms with Crippen molar-refractivity contribution in [2.45, 2.75) is 12.6 Å². The van der Waals surface area contributed by atoms with Crippen LogP contribution >= 0.6 is 15.9 Å². The first-order chi connectivity index (χ1) is 9.20. The van der Waals surface area contributed by atoms with Crippen LogP contribution in [0.5, 0.6) is 0 Å². The molecule has 0 radical (unpaired) electrons. The zero-order chi connectivity index (χ0) is 15.1. The van der Waals surface area contributed by atoms with Gasteiger partial charge in [-0.2, -0.15) is 13.2 Å². The quantitative estimate of drug-likeness (QED) is 0.889. The molecule has 2 N–H and O–H groups in total. The maximum absolute atomic E-state index is 13.0. The highest BCUT2D eigenvalue weighted by molar-refractivity contribution is 9.10. The van der Waals surface area contributed by atoms with E-state index in [4.69, 9.17) is 5.73 Å². The first-order valence-electron chi connectivity index (χ1n) is 5.66. The van der Waals surface area contributed by atoms with E-state index in [1.807, 2.05) is 0 Å². The summed E-state index contributed by atoms with van der Waals surface area (Å²) in [6.45, 7) is -0.126. The Morgan fingerprint density at radius 1 is 1.40 bits per heavy atom. The summed E-state index contributed by atoms with van der Waals surface area (Å²) in [4.78, 5) is 23.8. The summed E-state index contributed by atoms with van der Waals surface area (Å²) in [5.74, 6) is -1.99. The Morgan fingerprint density at radius 2 is 2.05 bits per heavy atom. The summed E-state index contributed by atoms with van der Waals surface area (Å²) >= 11 is 2.97. The van der Waals surface area contributed by atoms with Gasteiger partial charge in [-0.25, -0.2) is 0 Å². The van der Waals surface area contributed by atoms with Gasteiger partial charge in [0.15, 0.2) is 0 Å². The van der Waals surface area contributed by atoms with Crippen LogP contribution in [0.2, 0.25) is 0 Å². The number of alkyl halides is 3. The molecule has 20 heavy (non-hydrogen) atoms. The van der Waals surface area contributed by atoms with Crippen LogP contribution in [-0.2, 0) is 15.8 Å². The van der Waals surface area contributed by atoms with Crippen LogP contribution in [0.15, 0.2) is 22.7 Å². The number of anilines is 1. The van der Waals surface area contributed by atoms with Crippen molar-refractivity contribution >= 4 is 33.4 Å². The van der Waals surface area contributed by atoms with Crippen LogP contribution in [0, 0.1) is 5.92 Å². The minimum atomic E-state index is -4.59. The third-order valence-corrected chi connectivity index (χ3v) is 3.58. The van der Waals surface area contributed by atoms with Gasteiger partial charge in [0.05, 0.1) is 17.2 Å². The van der Waals surface area contributed by atoms with E-state index in [1.165, 1.54) is 12.1 Å². The zero-order valence-electron chi connectivity index (χ0n) is 10.1. The number of hydrogen-bond donors (Lipinski definition) is 1. The summed E-state index contributed by atoms with van der Waals surface area (Å²) in [5.41, 5.74) is 3.92. The van der Waals surface area contributed by atoms with Crippen LogP contribution in [0.1, 0.15) is 12.0 Å². The average molecular weight is 351 g/mol. The molecule has 2 amide bonds. The van der Waals surface area contributed by atoms with Gasteiger partial charge < -0.3 is 10.6 Å². The number of primary amides is 1. The Labute approximate surface area is 120 Å². The average Bonchev–Trinajstić information content (AvgIpc) is 2.70. The number of nitrogens with zero attached hydrogens (tertiary/aromatic N) is 1. The molecule has 1 aliphatic rings. The summed E-state index contributed by atoms with van der Waals surface area (Å²) in [5, 5.41) is 0. The van der Waals surface area contributed by atoms with Crippen molar-refractivity contribution in [3.05, 3.63) is 28.2 Å². The van der Waals surface area contributed by atoms with Crippen LogP contribution in [0.3, 0.4) is 0 Å². The SMILES string of the molecule is NC(=O)C1CC(=O)N(c2ccc(Br)cc2C(F)(F)F)C1. The molecule has 0 aliphatic carbocycles. The predicted octanol–water partition coefficient (Wildman–Crippen LogP) is 2.31. The van der Waals surface area contributed by atoms with E-state index in [0.29, 0.717) is 0 Å². The molecule has 0 bridgehead atoms. The van der Waals surface area contributed by atoms with Gasteiger partial charge in [-0.05, 0) is 18.2 Å². The normalized spacial score (nSPS) is 19.5. The molecular weight excluding hydrogens is 341 g/mol. The number of carbonyl (C=O) groups is 2. The topological polar surface area (TPSA) is 63.4 Å². The molecule has 0 saturated carbocycles. The van der Waals surface area contributed by atoms with E-state index < -0.39 is 29.5 Å². The third kappa shape index (κ3) is 2.79. The lowest BCUT2D eigenvalue weighted by Gasteiger charge is -2.21. The molecule has 1 aliphatic heterocycles. The molecule has 1 aromatic carbocycles. The molecule has 2 rings (SSSR count). The smallest absolute Gasteiger partial charge is 0.369 e. The lowest BCUT2D eigenvalue weighted by molar-refractivity contribution is -0.137. The fourth-order valence-electron chi connectivity index (χ4n) is 2.10. The molecule has 0 spiro atoms. The summed E-state index contributed by atoms with van der Waals surface area (Å²) < 4.78 is 39.3. The zero-order valence-corrected chi connectivity index (χ0v) is 11.7. The highest BCUT2D eigenvalue weighted by Crippen LogP contribution is 2.40. The number of hydrogen-bond acceptors (Lipinski definition) is 2. The van der Waals surface area contributed by atoms with Crippen molar-refractivity contribution in [2.75, 3.05) is 11.4 Å². The van der Waals surface area contributed by atoms with Crippen molar-refractivity contribution < 1.29 is 22.8 Å². The van der Waals surface area contributed by atoms with Gasteiger partial charge in [0, 0.05) is 17.4 Å². The second-order valence-corrected chi connectivity index (χ2v) is 5.38. The molecule has 1 fully saturated rings. The summed E-state index contributed by atoms with van der Waals surface area (Å²) in [6, 6.07) is 3.52. The molecule has 1 saturated heterocycles. The second kappa shape index (κ2) is 5.08. The molecule has 1 aromatic rings. The van der Waals surface area contributed by atoms with E-state index in [2.05, 4.69) is 15.9 Å². The fourth-order valence-corrected chi connectivity index (χ4v) is 2.46. The minimum Gasteiger partial charge on any atom is -0.369 e.